The van der Waals surface area contributed by atoms with Gasteiger partial charge >= 0.3 is 0 Å². The molecule has 0 bridgehead atoms. The van der Waals surface area contributed by atoms with Gasteiger partial charge in [-0.25, -0.2) is 0 Å². The summed E-state index contributed by atoms with van der Waals surface area (Å²) in [6.07, 6.45) is 0.170. The van der Waals surface area contributed by atoms with Crippen molar-refractivity contribution >= 4 is 0 Å². The molecule has 18 heavy (non-hydrogen) atoms. The normalized spacial score (nSPS) is 20.1. The maximum atomic E-state index is 5.80. The fourth-order valence-corrected chi connectivity index (χ4v) is 2.30. The molecule has 0 aromatic heterocycles. The van der Waals surface area contributed by atoms with Crippen molar-refractivity contribution in [2.24, 2.45) is 0 Å². The SMILES string of the molecule is Cc1cc(OCC2CNCCO2)ccc1C(C)C. The zero-order chi connectivity index (χ0) is 13.0. The van der Waals surface area contributed by atoms with Gasteiger partial charge in [-0.1, -0.05) is 19.9 Å². The first-order valence-corrected chi connectivity index (χ1v) is 6.72. The first-order chi connectivity index (χ1) is 8.66. The Balaban J connectivity index is 1.91. The number of hydrogen-bond donors (Lipinski definition) is 1. The van der Waals surface area contributed by atoms with Gasteiger partial charge in [-0.3, -0.25) is 0 Å². The third-order valence-corrected chi connectivity index (χ3v) is 3.30. The van der Waals surface area contributed by atoms with Crippen molar-refractivity contribution in [2.45, 2.75) is 32.8 Å². The highest BCUT2D eigenvalue weighted by Crippen LogP contribution is 2.23. The Morgan fingerprint density at radius 3 is 2.89 bits per heavy atom. The van der Waals surface area contributed by atoms with Crippen molar-refractivity contribution in [1.29, 1.82) is 0 Å². The third kappa shape index (κ3) is 3.47. The molecule has 2 rings (SSSR count). The highest BCUT2D eigenvalue weighted by atomic mass is 16.5. The molecule has 0 aliphatic carbocycles. The molecule has 3 heteroatoms. The Hall–Kier alpha value is -1.06. The lowest BCUT2D eigenvalue weighted by molar-refractivity contribution is 0.000181. The molecular formula is C15H23NO2. The van der Waals surface area contributed by atoms with Crippen molar-refractivity contribution in [3.8, 4) is 5.75 Å². The molecule has 1 atom stereocenters. The van der Waals surface area contributed by atoms with Crippen LogP contribution in [0.5, 0.6) is 5.75 Å². The predicted octanol–water partition coefficient (Wildman–Crippen LogP) is 2.49. The Morgan fingerprint density at radius 1 is 1.44 bits per heavy atom. The summed E-state index contributed by atoms with van der Waals surface area (Å²) in [5.41, 5.74) is 2.68. The van der Waals surface area contributed by atoms with E-state index in [1.54, 1.807) is 0 Å². The maximum absolute atomic E-state index is 5.80. The summed E-state index contributed by atoms with van der Waals surface area (Å²) in [6, 6.07) is 6.33. The van der Waals surface area contributed by atoms with Crippen LogP contribution in [0.1, 0.15) is 30.9 Å². The fraction of sp³-hybridized carbons (Fsp3) is 0.600. The number of morpholine rings is 1. The van der Waals surface area contributed by atoms with Crippen molar-refractivity contribution in [3.05, 3.63) is 29.3 Å². The van der Waals surface area contributed by atoms with Crippen molar-refractivity contribution in [3.63, 3.8) is 0 Å². The molecule has 100 valence electrons. The van der Waals surface area contributed by atoms with Crippen LogP contribution in [0.4, 0.5) is 0 Å². The van der Waals surface area contributed by atoms with E-state index >= 15 is 0 Å². The molecule has 1 aromatic rings. The molecule has 1 aromatic carbocycles. The number of ether oxygens (including phenoxy) is 2. The van der Waals surface area contributed by atoms with Gasteiger partial charge in [0.25, 0.3) is 0 Å². The minimum atomic E-state index is 0.170. The highest BCUT2D eigenvalue weighted by Gasteiger charge is 2.14. The van der Waals surface area contributed by atoms with E-state index in [2.05, 4.69) is 44.3 Å². The Kier molecular flexibility index (Phi) is 4.61. The average Bonchev–Trinajstić information content (AvgIpc) is 2.37. The van der Waals surface area contributed by atoms with Gasteiger partial charge in [0.05, 0.1) is 6.61 Å². The Morgan fingerprint density at radius 2 is 2.28 bits per heavy atom. The van der Waals surface area contributed by atoms with Crippen LogP contribution in [0.15, 0.2) is 18.2 Å². The summed E-state index contributed by atoms with van der Waals surface area (Å²) in [6.45, 7) is 9.78. The second-order valence-electron chi connectivity index (χ2n) is 5.18. The molecule has 1 fully saturated rings. The van der Waals surface area contributed by atoms with Crippen LogP contribution in [0, 0.1) is 6.92 Å². The topological polar surface area (TPSA) is 30.5 Å². The van der Waals surface area contributed by atoms with Crippen molar-refractivity contribution in [2.75, 3.05) is 26.3 Å². The van der Waals surface area contributed by atoms with Gasteiger partial charge in [-0.05, 0) is 36.1 Å². The standard InChI is InChI=1S/C15H23NO2/c1-11(2)15-5-4-13(8-12(15)3)18-10-14-9-16-6-7-17-14/h4-5,8,11,14,16H,6-7,9-10H2,1-3H3. The molecule has 1 aliphatic heterocycles. The van der Waals surface area contributed by atoms with E-state index in [0.717, 1.165) is 25.4 Å². The van der Waals surface area contributed by atoms with Gasteiger partial charge in [-0.2, -0.15) is 0 Å². The smallest absolute Gasteiger partial charge is 0.119 e. The molecule has 0 saturated carbocycles. The number of nitrogens with one attached hydrogen (secondary N) is 1. The Labute approximate surface area is 109 Å². The Bertz CT molecular complexity index is 384. The average molecular weight is 249 g/mol. The monoisotopic (exact) mass is 249 g/mol. The molecular weight excluding hydrogens is 226 g/mol. The third-order valence-electron chi connectivity index (χ3n) is 3.30. The molecule has 1 aliphatic rings. The van der Waals surface area contributed by atoms with E-state index < -0.39 is 0 Å². The predicted molar refractivity (Wildman–Crippen MR) is 73.4 cm³/mol. The molecule has 0 radical (unpaired) electrons. The molecule has 1 heterocycles. The summed E-state index contributed by atoms with van der Waals surface area (Å²) in [5.74, 6) is 1.50. The minimum absolute atomic E-state index is 0.170. The van der Waals surface area contributed by atoms with E-state index in [-0.39, 0.29) is 6.10 Å². The number of benzene rings is 1. The maximum Gasteiger partial charge on any atom is 0.119 e. The van der Waals surface area contributed by atoms with Crippen LogP contribution in [0.25, 0.3) is 0 Å². The van der Waals surface area contributed by atoms with Gasteiger partial charge in [-0.15, -0.1) is 0 Å². The van der Waals surface area contributed by atoms with Crippen LogP contribution >= 0.6 is 0 Å². The van der Waals surface area contributed by atoms with Gasteiger partial charge in [0, 0.05) is 13.1 Å². The van der Waals surface area contributed by atoms with Gasteiger partial charge in [0.2, 0.25) is 0 Å². The lowest BCUT2D eigenvalue weighted by Gasteiger charge is -2.23. The second kappa shape index (κ2) is 6.21. The van der Waals surface area contributed by atoms with Crippen LogP contribution in [-0.2, 0) is 4.74 Å². The van der Waals surface area contributed by atoms with E-state index in [4.69, 9.17) is 9.47 Å². The molecule has 1 N–H and O–H groups in total. The van der Waals surface area contributed by atoms with Gasteiger partial charge in [0.15, 0.2) is 0 Å². The molecule has 3 nitrogen and oxygen atoms in total. The zero-order valence-electron chi connectivity index (χ0n) is 11.5. The summed E-state index contributed by atoms with van der Waals surface area (Å²) in [7, 11) is 0. The summed E-state index contributed by atoms with van der Waals surface area (Å²) >= 11 is 0. The zero-order valence-corrected chi connectivity index (χ0v) is 11.5. The lowest BCUT2D eigenvalue weighted by Crippen LogP contribution is -2.41. The van der Waals surface area contributed by atoms with Gasteiger partial charge in [0.1, 0.15) is 18.5 Å². The summed E-state index contributed by atoms with van der Waals surface area (Å²) < 4.78 is 11.4. The largest absolute Gasteiger partial charge is 0.491 e. The minimum Gasteiger partial charge on any atom is -0.491 e. The van der Waals surface area contributed by atoms with Crippen molar-refractivity contribution in [1.82, 2.24) is 5.32 Å². The summed E-state index contributed by atoms with van der Waals surface area (Å²) in [4.78, 5) is 0. The highest BCUT2D eigenvalue weighted by molar-refractivity contribution is 5.36. The van der Waals surface area contributed by atoms with E-state index in [0.29, 0.717) is 12.5 Å². The van der Waals surface area contributed by atoms with Crippen LogP contribution in [0.3, 0.4) is 0 Å². The van der Waals surface area contributed by atoms with Crippen LogP contribution in [-0.4, -0.2) is 32.4 Å². The molecule has 1 saturated heterocycles. The van der Waals surface area contributed by atoms with E-state index in [1.165, 1.54) is 11.1 Å². The first kappa shape index (κ1) is 13.4. The van der Waals surface area contributed by atoms with E-state index in [1.807, 2.05) is 0 Å². The quantitative estimate of drug-likeness (QED) is 0.889. The number of aryl methyl sites for hydroxylation is 1. The summed E-state index contributed by atoms with van der Waals surface area (Å²) in [5, 5.41) is 3.30. The van der Waals surface area contributed by atoms with Crippen LogP contribution in [0.2, 0.25) is 0 Å². The fourth-order valence-electron chi connectivity index (χ4n) is 2.30. The molecule has 0 spiro atoms. The number of hydrogen-bond acceptors (Lipinski definition) is 3. The lowest BCUT2D eigenvalue weighted by atomic mass is 9.98. The van der Waals surface area contributed by atoms with Crippen molar-refractivity contribution < 1.29 is 9.47 Å². The first-order valence-electron chi connectivity index (χ1n) is 6.72. The second-order valence-corrected chi connectivity index (χ2v) is 5.18. The van der Waals surface area contributed by atoms with E-state index in [9.17, 15) is 0 Å². The molecule has 0 amide bonds. The van der Waals surface area contributed by atoms with Crippen LogP contribution < -0.4 is 10.1 Å². The number of rotatable bonds is 4. The van der Waals surface area contributed by atoms with Gasteiger partial charge < -0.3 is 14.8 Å². The molecule has 1 unspecified atom stereocenters.